The molecule has 2 saturated heterocycles. The largest absolute Gasteiger partial charge is 0.377 e. The maximum atomic E-state index is 5.87. The molecule has 3 heterocycles. The van der Waals surface area contributed by atoms with Crippen LogP contribution in [0.1, 0.15) is 37.8 Å². The molecule has 22 heavy (non-hydrogen) atoms. The van der Waals surface area contributed by atoms with Crippen LogP contribution in [0, 0.1) is 6.92 Å². The van der Waals surface area contributed by atoms with Crippen LogP contribution in [0.2, 0.25) is 0 Å². The lowest BCUT2D eigenvalue weighted by atomic mass is 10.0. The number of hydrogen-bond acceptors (Lipinski definition) is 5. The van der Waals surface area contributed by atoms with Crippen LogP contribution in [0.3, 0.4) is 0 Å². The number of hydrogen-bond donors (Lipinski definition) is 0. The fraction of sp³-hybridized carbons (Fsp3) is 0.765. The van der Waals surface area contributed by atoms with E-state index in [-0.39, 0.29) is 0 Å². The van der Waals surface area contributed by atoms with Crippen molar-refractivity contribution in [3.05, 3.63) is 18.1 Å². The Morgan fingerprint density at radius 2 is 2.05 bits per heavy atom. The first-order valence-corrected chi connectivity index (χ1v) is 8.58. The molecule has 0 spiro atoms. The summed E-state index contributed by atoms with van der Waals surface area (Å²) in [6, 6.07) is 2.65. The number of rotatable bonds is 4. The van der Waals surface area contributed by atoms with E-state index in [9.17, 15) is 0 Å². The van der Waals surface area contributed by atoms with E-state index in [2.05, 4.69) is 32.9 Å². The van der Waals surface area contributed by atoms with Gasteiger partial charge in [-0.1, -0.05) is 0 Å². The summed E-state index contributed by atoms with van der Waals surface area (Å²) in [7, 11) is 2.16. The number of aromatic nitrogens is 2. The fourth-order valence-electron chi connectivity index (χ4n) is 3.55. The Morgan fingerprint density at radius 1 is 1.23 bits per heavy atom. The molecule has 5 heteroatoms. The van der Waals surface area contributed by atoms with Gasteiger partial charge in [-0.3, -0.25) is 0 Å². The molecule has 5 nitrogen and oxygen atoms in total. The molecule has 2 fully saturated rings. The smallest absolute Gasteiger partial charge is 0.132 e. The van der Waals surface area contributed by atoms with Gasteiger partial charge in [0.2, 0.25) is 0 Å². The van der Waals surface area contributed by atoms with Crippen LogP contribution < -0.4 is 4.90 Å². The van der Waals surface area contributed by atoms with Gasteiger partial charge in [0.15, 0.2) is 0 Å². The zero-order chi connectivity index (χ0) is 15.4. The summed E-state index contributed by atoms with van der Waals surface area (Å²) in [5, 5.41) is 0. The van der Waals surface area contributed by atoms with E-state index in [4.69, 9.17) is 4.74 Å². The Balaban J connectivity index is 1.48. The molecule has 0 aromatic carbocycles. The Morgan fingerprint density at radius 3 is 2.73 bits per heavy atom. The van der Waals surface area contributed by atoms with Gasteiger partial charge in [0.05, 0.1) is 6.10 Å². The Hall–Kier alpha value is -1.20. The van der Waals surface area contributed by atoms with Crippen LogP contribution in [-0.2, 0) is 4.74 Å². The summed E-state index contributed by atoms with van der Waals surface area (Å²) in [5.74, 6) is 1.04. The van der Waals surface area contributed by atoms with Crippen LogP contribution in [0.15, 0.2) is 12.4 Å². The second kappa shape index (κ2) is 7.38. The van der Waals surface area contributed by atoms with Crippen LogP contribution in [-0.4, -0.2) is 60.3 Å². The van der Waals surface area contributed by atoms with Crippen molar-refractivity contribution in [1.29, 1.82) is 0 Å². The molecule has 122 valence electrons. The van der Waals surface area contributed by atoms with Gasteiger partial charge in [0.1, 0.15) is 12.1 Å². The van der Waals surface area contributed by atoms with Gasteiger partial charge in [-0.2, -0.15) is 0 Å². The number of aryl methyl sites for hydroxylation is 1. The highest BCUT2D eigenvalue weighted by atomic mass is 16.5. The van der Waals surface area contributed by atoms with Crippen molar-refractivity contribution < 1.29 is 4.74 Å². The molecule has 1 atom stereocenters. The third-order valence-electron chi connectivity index (χ3n) is 4.99. The lowest BCUT2D eigenvalue weighted by Gasteiger charge is -2.39. The van der Waals surface area contributed by atoms with E-state index in [1.54, 1.807) is 6.33 Å². The minimum Gasteiger partial charge on any atom is -0.377 e. The maximum Gasteiger partial charge on any atom is 0.132 e. The van der Waals surface area contributed by atoms with E-state index < -0.39 is 0 Å². The molecule has 1 aromatic rings. The van der Waals surface area contributed by atoms with Gasteiger partial charge in [0, 0.05) is 51.1 Å². The molecule has 2 aliphatic rings. The lowest BCUT2D eigenvalue weighted by Crippen LogP contribution is -2.46. The Labute approximate surface area is 133 Å². The van der Waals surface area contributed by atoms with E-state index in [0.29, 0.717) is 12.1 Å². The highest BCUT2D eigenvalue weighted by Gasteiger charge is 2.25. The Kier molecular flexibility index (Phi) is 5.26. The van der Waals surface area contributed by atoms with E-state index in [1.165, 1.54) is 45.2 Å². The molecule has 0 bridgehead atoms. The third-order valence-corrected chi connectivity index (χ3v) is 4.99. The van der Waals surface area contributed by atoms with Gasteiger partial charge in [-0.15, -0.1) is 0 Å². The van der Waals surface area contributed by atoms with Crippen molar-refractivity contribution in [2.75, 3.05) is 38.2 Å². The molecule has 2 aliphatic heterocycles. The molecule has 1 aromatic heterocycles. The first-order chi connectivity index (χ1) is 10.7. The van der Waals surface area contributed by atoms with Crippen molar-refractivity contribution in [3.63, 3.8) is 0 Å². The minimum absolute atomic E-state index is 0.465. The van der Waals surface area contributed by atoms with Crippen molar-refractivity contribution in [3.8, 4) is 0 Å². The number of likely N-dealkylation sites (tertiary alicyclic amines) is 1. The third kappa shape index (κ3) is 3.96. The molecular formula is C17H28N4O. The van der Waals surface area contributed by atoms with E-state index >= 15 is 0 Å². The standard InChI is InChI=1S/C17H28N4O/c1-14-11-17(19-13-18-14)20(2)15-6-8-21(9-7-15)12-16-5-3-4-10-22-16/h11,13,15-16H,3-10,12H2,1-2H3. The average Bonchev–Trinajstić information content (AvgIpc) is 2.56. The SMILES string of the molecule is Cc1cc(N(C)C2CCN(CC3CCCCO3)CC2)ncn1. The van der Waals surface area contributed by atoms with Crippen LogP contribution in [0.4, 0.5) is 5.82 Å². The molecule has 0 radical (unpaired) electrons. The average molecular weight is 304 g/mol. The number of anilines is 1. The summed E-state index contributed by atoms with van der Waals surface area (Å²) in [4.78, 5) is 13.5. The highest BCUT2D eigenvalue weighted by Crippen LogP contribution is 2.22. The van der Waals surface area contributed by atoms with Gasteiger partial charge >= 0.3 is 0 Å². The molecule has 0 aliphatic carbocycles. The monoisotopic (exact) mass is 304 g/mol. The number of piperidine rings is 1. The van der Waals surface area contributed by atoms with Crippen molar-refractivity contribution >= 4 is 5.82 Å². The van der Waals surface area contributed by atoms with Crippen molar-refractivity contribution in [1.82, 2.24) is 14.9 Å². The normalized spacial score (nSPS) is 24.4. The zero-order valence-electron chi connectivity index (χ0n) is 13.9. The van der Waals surface area contributed by atoms with Gasteiger partial charge in [-0.25, -0.2) is 9.97 Å². The number of nitrogens with zero attached hydrogens (tertiary/aromatic N) is 4. The molecule has 3 rings (SSSR count). The quantitative estimate of drug-likeness (QED) is 0.853. The maximum absolute atomic E-state index is 5.87. The minimum atomic E-state index is 0.465. The van der Waals surface area contributed by atoms with Crippen LogP contribution in [0.5, 0.6) is 0 Å². The predicted octanol–water partition coefficient (Wildman–Crippen LogP) is 2.25. The molecule has 0 amide bonds. The second-order valence-corrected chi connectivity index (χ2v) is 6.65. The summed E-state index contributed by atoms with van der Waals surface area (Å²) in [6.45, 7) is 6.42. The molecule has 0 saturated carbocycles. The summed E-state index contributed by atoms with van der Waals surface area (Å²) >= 11 is 0. The van der Waals surface area contributed by atoms with Crippen LogP contribution >= 0.6 is 0 Å². The van der Waals surface area contributed by atoms with Gasteiger partial charge in [0.25, 0.3) is 0 Å². The van der Waals surface area contributed by atoms with Crippen LogP contribution in [0.25, 0.3) is 0 Å². The lowest BCUT2D eigenvalue weighted by molar-refractivity contribution is -0.00943. The van der Waals surface area contributed by atoms with Gasteiger partial charge in [-0.05, 0) is 39.0 Å². The predicted molar refractivity (Wildman–Crippen MR) is 88.2 cm³/mol. The topological polar surface area (TPSA) is 41.5 Å². The first-order valence-electron chi connectivity index (χ1n) is 8.58. The van der Waals surface area contributed by atoms with Gasteiger partial charge < -0.3 is 14.5 Å². The summed E-state index contributed by atoms with van der Waals surface area (Å²) in [6.07, 6.45) is 8.33. The van der Waals surface area contributed by atoms with E-state index in [1.807, 2.05) is 6.92 Å². The second-order valence-electron chi connectivity index (χ2n) is 6.65. The summed E-state index contributed by atoms with van der Waals surface area (Å²) in [5.41, 5.74) is 1.03. The van der Waals surface area contributed by atoms with E-state index in [0.717, 1.165) is 24.7 Å². The van der Waals surface area contributed by atoms with Crippen molar-refractivity contribution in [2.24, 2.45) is 0 Å². The first kappa shape index (κ1) is 15.7. The highest BCUT2D eigenvalue weighted by molar-refractivity contribution is 5.39. The Bertz CT molecular complexity index is 467. The number of ether oxygens (including phenoxy) is 1. The zero-order valence-corrected chi connectivity index (χ0v) is 13.9. The molecule has 0 N–H and O–H groups in total. The van der Waals surface area contributed by atoms with Crippen molar-refractivity contribution in [2.45, 2.75) is 51.2 Å². The molecular weight excluding hydrogens is 276 g/mol. The molecule has 1 unspecified atom stereocenters. The summed E-state index contributed by atoms with van der Waals surface area (Å²) < 4.78 is 5.87. The fourth-order valence-corrected chi connectivity index (χ4v) is 3.55.